The van der Waals surface area contributed by atoms with Crippen molar-refractivity contribution < 1.29 is 18.9 Å². The van der Waals surface area contributed by atoms with Gasteiger partial charge >= 0.3 is 5.97 Å². The van der Waals surface area contributed by atoms with E-state index >= 15 is 0 Å². The fraction of sp³-hybridized carbons (Fsp3) is 0.462. The van der Waals surface area contributed by atoms with Gasteiger partial charge in [0.1, 0.15) is 5.92 Å². The SMILES string of the molecule is Cc1ccc(CCC(O)C(COP)C(=O)OP)cc1. The Kier molecular flexibility index (Phi) is 7.48. The van der Waals surface area contributed by atoms with Crippen molar-refractivity contribution in [1.29, 1.82) is 0 Å². The van der Waals surface area contributed by atoms with Gasteiger partial charge in [-0.15, -0.1) is 0 Å². The first-order valence-corrected chi connectivity index (χ1v) is 6.98. The minimum atomic E-state index is -0.782. The molecule has 0 bridgehead atoms. The lowest BCUT2D eigenvalue weighted by molar-refractivity contribution is -0.143. The van der Waals surface area contributed by atoms with E-state index in [1.165, 1.54) is 5.56 Å². The molecular formula is C13H20O4P2. The molecule has 1 rings (SSSR count). The smallest absolute Gasteiger partial charge is 0.316 e. The molecule has 0 saturated heterocycles. The molecule has 0 heterocycles. The third-order valence-corrected chi connectivity index (χ3v) is 3.43. The largest absolute Gasteiger partial charge is 0.451 e. The van der Waals surface area contributed by atoms with Crippen LogP contribution in [0.5, 0.6) is 0 Å². The Morgan fingerprint density at radius 2 is 1.95 bits per heavy atom. The van der Waals surface area contributed by atoms with Gasteiger partial charge in [-0.2, -0.15) is 0 Å². The number of hydrogen-bond acceptors (Lipinski definition) is 4. The second-order valence-corrected chi connectivity index (χ2v) is 5.04. The van der Waals surface area contributed by atoms with Crippen LogP contribution in [0.15, 0.2) is 24.3 Å². The number of hydrogen-bond donors (Lipinski definition) is 1. The second kappa shape index (κ2) is 8.60. The Balaban J connectivity index is 2.54. The summed E-state index contributed by atoms with van der Waals surface area (Å²) >= 11 is 0. The molecular weight excluding hydrogens is 282 g/mol. The predicted molar refractivity (Wildman–Crippen MR) is 80.5 cm³/mol. The summed E-state index contributed by atoms with van der Waals surface area (Å²) in [6.45, 7) is 2.15. The Morgan fingerprint density at radius 1 is 1.32 bits per heavy atom. The van der Waals surface area contributed by atoms with Gasteiger partial charge in [0.25, 0.3) is 0 Å². The highest BCUT2D eigenvalue weighted by atomic mass is 31.0. The first-order chi connectivity index (χ1) is 9.08. The van der Waals surface area contributed by atoms with E-state index in [1.54, 1.807) is 0 Å². The molecule has 4 atom stereocenters. The summed E-state index contributed by atoms with van der Waals surface area (Å²) < 4.78 is 9.44. The molecule has 4 unspecified atom stereocenters. The van der Waals surface area contributed by atoms with Gasteiger partial charge in [-0.25, -0.2) is 0 Å². The van der Waals surface area contributed by atoms with E-state index in [9.17, 15) is 9.90 Å². The van der Waals surface area contributed by atoms with Gasteiger partial charge in [-0.3, -0.25) is 4.79 Å². The number of carbonyl (C=O) groups excluding carboxylic acids is 1. The Morgan fingerprint density at radius 3 is 2.47 bits per heavy atom. The molecule has 106 valence electrons. The number of carbonyl (C=O) groups is 1. The van der Waals surface area contributed by atoms with Crippen LogP contribution < -0.4 is 0 Å². The van der Waals surface area contributed by atoms with Crippen molar-refractivity contribution in [2.24, 2.45) is 5.92 Å². The minimum Gasteiger partial charge on any atom is -0.451 e. The van der Waals surface area contributed by atoms with Crippen molar-refractivity contribution in [3.63, 3.8) is 0 Å². The van der Waals surface area contributed by atoms with Crippen molar-refractivity contribution in [2.75, 3.05) is 6.61 Å². The Labute approximate surface area is 118 Å². The van der Waals surface area contributed by atoms with Gasteiger partial charge in [0.2, 0.25) is 0 Å². The van der Waals surface area contributed by atoms with Crippen LogP contribution in [-0.4, -0.2) is 23.8 Å². The topological polar surface area (TPSA) is 55.8 Å². The Bertz CT molecular complexity index is 394. The van der Waals surface area contributed by atoms with Crippen LogP contribution in [0.1, 0.15) is 17.5 Å². The number of aryl methyl sites for hydroxylation is 2. The normalized spacial score (nSPS) is 13.9. The van der Waals surface area contributed by atoms with Gasteiger partial charge in [-0.1, -0.05) is 29.8 Å². The summed E-state index contributed by atoms with van der Waals surface area (Å²) in [7, 11) is 3.97. The minimum absolute atomic E-state index is 0.118. The highest BCUT2D eigenvalue weighted by molar-refractivity contribution is 7.10. The first-order valence-electron chi connectivity index (χ1n) is 6.04. The summed E-state index contributed by atoms with van der Waals surface area (Å²) in [5.74, 6) is -1.15. The van der Waals surface area contributed by atoms with Crippen LogP contribution in [0.25, 0.3) is 0 Å². The highest BCUT2D eigenvalue weighted by Crippen LogP contribution is 2.16. The van der Waals surface area contributed by atoms with E-state index in [2.05, 4.69) is 14.0 Å². The maximum Gasteiger partial charge on any atom is 0.316 e. The van der Waals surface area contributed by atoms with Crippen LogP contribution in [0, 0.1) is 12.8 Å². The summed E-state index contributed by atoms with van der Waals surface area (Å²) in [4.78, 5) is 11.5. The third-order valence-electron chi connectivity index (χ3n) is 3.01. The molecule has 0 aliphatic heterocycles. The lowest BCUT2D eigenvalue weighted by Gasteiger charge is -2.19. The maximum absolute atomic E-state index is 11.5. The number of aliphatic hydroxyl groups is 1. The van der Waals surface area contributed by atoms with E-state index in [0.29, 0.717) is 12.8 Å². The maximum atomic E-state index is 11.5. The van der Waals surface area contributed by atoms with E-state index in [4.69, 9.17) is 4.52 Å². The van der Waals surface area contributed by atoms with Crippen molar-refractivity contribution in [2.45, 2.75) is 25.9 Å². The van der Waals surface area contributed by atoms with Gasteiger partial charge in [-0.05, 0) is 25.3 Å². The zero-order valence-electron chi connectivity index (χ0n) is 10.9. The molecule has 0 saturated carbocycles. The van der Waals surface area contributed by atoms with E-state index in [-0.39, 0.29) is 6.61 Å². The fourth-order valence-corrected chi connectivity index (χ4v) is 2.18. The monoisotopic (exact) mass is 302 g/mol. The van der Waals surface area contributed by atoms with Crippen LogP contribution >= 0.6 is 18.9 Å². The van der Waals surface area contributed by atoms with Crippen molar-refractivity contribution in [1.82, 2.24) is 0 Å². The Hall–Kier alpha value is -0.530. The first kappa shape index (κ1) is 16.5. The third kappa shape index (κ3) is 5.54. The summed E-state index contributed by atoms with van der Waals surface area (Å²) in [6, 6.07) is 8.11. The number of aliphatic hydroxyl groups excluding tert-OH is 1. The quantitative estimate of drug-likeness (QED) is 0.783. The van der Waals surface area contributed by atoms with Crippen LogP contribution in [0.3, 0.4) is 0 Å². The van der Waals surface area contributed by atoms with Gasteiger partial charge in [0.15, 0.2) is 0 Å². The van der Waals surface area contributed by atoms with E-state index in [1.807, 2.05) is 40.7 Å². The molecule has 0 amide bonds. The zero-order chi connectivity index (χ0) is 14.3. The molecule has 0 radical (unpaired) electrons. The van der Waals surface area contributed by atoms with Crippen LogP contribution in [-0.2, 0) is 20.3 Å². The zero-order valence-corrected chi connectivity index (χ0v) is 13.2. The second-order valence-electron chi connectivity index (χ2n) is 4.47. The molecule has 1 N–H and O–H groups in total. The highest BCUT2D eigenvalue weighted by Gasteiger charge is 2.27. The predicted octanol–water partition coefficient (Wildman–Crippen LogP) is 2.04. The molecule has 6 heteroatoms. The molecule has 0 fully saturated rings. The lowest BCUT2D eigenvalue weighted by atomic mass is 9.97. The fourth-order valence-electron chi connectivity index (χ4n) is 1.80. The molecule has 1 aromatic rings. The molecule has 19 heavy (non-hydrogen) atoms. The standard InChI is InChI=1S/C13H20O4P2/c1-9-2-4-10(5-3-9)6-7-12(14)11(8-16-18)13(15)17-19/h2-5,11-12,14H,6-8,18-19H2,1H3. The van der Waals surface area contributed by atoms with Crippen LogP contribution in [0.4, 0.5) is 0 Å². The van der Waals surface area contributed by atoms with Crippen molar-refractivity contribution in [3.05, 3.63) is 35.4 Å². The molecule has 0 aliphatic rings. The average molecular weight is 302 g/mol. The molecule has 4 nitrogen and oxygen atoms in total. The average Bonchev–Trinajstić information content (AvgIpc) is 2.43. The molecule has 0 spiro atoms. The lowest BCUT2D eigenvalue weighted by Crippen LogP contribution is -2.32. The van der Waals surface area contributed by atoms with Gasteiger partial charge in [0, 0.05) is 9.47 Å². The molecule has 0 aromatic heterocycles. The number of benzene rings is 1. The van der Waals surface area contributed by atoms with E-state index in [0.717, 1.165) is 5.56 Å². The molecule has 0 aliphatic carbocycles. The van der Waals surface area contributed by atoms with Gasteiger partial charge < -0.3 is 14.2 Å². The van der Waals surface area contributed by atoms with Crippen LogP contribution in [0.2, 0.25) is 0 Å². The summed E-state index contributed by atoms with van der Waals surface area (Å²) in [6.07, 6.45) is 0.412. The van der Waals surface area contributed by atoms with Crippen molar-refractivity contribution >= 4 is 24.9 Å². The molecule has 1 aromatic carbocycles. The summed E-state index contributed by atoms with van der Waals surface area (Å²) in [5, 5.41) is 10.1. The van der Waals surface area contributed by atoms with Crippen molar-refractivity contribution in [3.8, 4) is 0 Å². The number of rotatable bonds is 7. The van der Waals surface area contributed by atoms with Gasteiger partial charge in [0.05, 0.1) is 22.2 Å². The van der Waals surface area contributed by atoms with E-state index < -0.39 is 18.0 Å². The summed E-state index contributed by atoms with van der Waals surface area (Å²) in [5.41, 5.74) is 2.33.